The molecule has 1 aromatic carbocycles. The number of amides is 2. The smallest absolute Gasteiger partial charge is 0.254 e. The van der Waals surface area contributed by atoms with E-state index < -0.39 is 0 Å². The second kappa shape index (κ2) is 7.03. The Morgan fingerprint density at radius 1 is 1.37 bits per heavy atom. The van der Waals surface area contributed by atoms with Crippen LogP contribution in [0.5, 0.6) is 0 Å². The van der Waals surface area contributed by atoms with Crippen LogP contribution < -0.4 is 11.1 Å². The number of carbonyl (C=O) groups is 2. The van der Waals surface area contributed by atoms with Crippen molar-refractivity contribution in [2.24, 2.45) is 0 Å². The fourth-order valence-corrected chi connectivity index (χ4v) is 3.79. The molecule has 1 atom stereocenters. The summed E-state index contributed by atoms with van der Waals surface area (Å²) in [6.45, 7) is 3.00. The average molecular weight is 368 g/mol. The summed E-state index contributed by atoms with van der Waals surface area (Å²) in [5.74, 6) is 0.229. The molecule has 2 amide bonds. The van der Waals surface area contributed by atoms with Gasteiger partial charge in [-0.25, -0.2) is 4.98 Å². The molecule has 0 aliphatic carbocycles. The minimum atomic E-state index is -0.0612. The standard InChI is InChI=1S/C19H24N6O2/c1-24-6-4-12(10-24)8-17(26)21-14-5-7-25(11-14)18(27)13-2-3-15-16(9-13)23-19(20)22-15/h2-3,8-9,14H,4-7,10-11H2,1H3,(H,21,26)(H3,20,22,23)/b12-8+/t14-/m0/s1. The molecule has 0 saturated carbocycles. The molecule has 4 N–H and O–H groups in total. The van der Waals surface area contributed by atoms with E-state index in [0.29, 0.717) is 24.6 Å². The predicted molar refractivity (Wildman–Crippen MR) is 103 cm³/mol. The van der Waals surface area contributed by atoms with E-state index in [1.807, 2.05) is 7.05 Å². The molecule has 0 bridgehead atoms. The third-order valence-electron chi connectivity index (χ3n) is 5.19. The molecule has 2 aliphatic heterocycles. The van der Waals surface area contributed by atoms with Crippen LogP contribution in [-0.4, -0.2) is 70.9 Å². The Morgan fingerprint density at radius 3 is 3.00 bits per heavy atom. The Labute approximate surface area is 157 Å². The SMILES string of the molecule is CN1CC/C(=C\C(=O)N[C@H]2CCN(C(=O)c3ccc4nc(N)[nH]c4c3)C2)C1. The monoisotopic (exact) mass is 368 g/mol. The van der Waals surface area contributed by atoms with Crippen molar-refractivity contribution < 1.29 is 9.59 Å². The van der Waals surface area contributed by atoms with E-state index in [1.165, 1.54) is 0 Å². The van der Waals surface area contributed by atoms with Crippen LogP contribution in [0.15, 0.2) is 29.8 Å². The first-order chi connectivity index (χ1) is 13.0. The van der Waals surface area contributed by atoms with Gasteiger partial charge in [0.1, 0.15) is 0 Å². The largest absolute Gasteiger partial charge is 0.369 e. The molecule has 27 heavy (non-hydrogen) atoms. The fraction of sp³-hybridized carbons (Fsp3) is 0.421. The zero-order chi connectivity index (χ0) is 19.0. The zero-order valence-electron chi connectivity index (χ0n) is 15.4. The van der Waals surface area contributed by atoms with Gasteiger partial charge in [-0.2, -0.15) is 0 Å². The second-order valence-corrected chi connectivity index (χ2v) is 7.39. The highest BCUT2D eigenvalue weighted by Gasteiger charge is 2.28. The number of aromatic nitrogens is 2. The lowest BCUT2D eigenvalue weighted by atomic mass is 10.2. The number of nitrogens with two attached hydrogens (primary N) is 1. The number of nitrogens with zero attached hydrogens (tertiary/aromatic N) is 3. The maximum absolute atomic E-state index is 12.8. The van der Waals surface area contributed by atoms with Crippen molar-refractivity contribution in [2.75, 3.05) is 39.0 Å². The van der Waals surface area contributed by atoms with E-state index in [9.17, 15) is 9.59 Å². The Balaban J connectivity index is 1.36. The van der Waals surface area contributed by atoms with Crippen molar-refractivity contribution in [3.63, 3.8) is 0 Å². The van der Waals surface area contributed by atoms with E-state index in [2.05, 4.69) is 20.2 Å². The summed E-state index contributed by atoms with van der Waals surface area (Å²) in [5, 5.41) is 3.03. The van der Waals surface area contributed by atoms with Crippen LogP contribution in [0.3, 0.4) is 0 Å². The highest BCUT2D eigenvalue weighted by Crippen LogP contribution is 2.19. The van der Waals surface area contributed by atoms with Gasteiger partial charge < -0.3 is 25.8 Å². The molecule has 3 heterocycles. The maximum atomic E-state index is 12.8. The van der Waals surface area contributed by atoms with E-state index in [1.54, 1.807) is 29.2 Å². The molecule has 2 aromatic rings. The second-order valence-electron chi connectivity index (χ2n) is 7.39. The summed E-state index contributed by atoms with van der Waals surface area (Å²) >= 11 is 0. The number of rotatable bonds is 3. The van der Waals surface area contributed by atoms with Gasteiger partial charge in [0, 0.05) is 43.9 Å². The highest BCUT2D eigenvalue weighted by molar-refractivity contribution is 5.98. The normalized spacial score (nSPS) is 22.0. The minimum absolute atomic E-state index is 0.0102. The van der Waals surface area contributed by atoms with Gasteiger partial charge in [0.05, 0.1) is 11.0 Å². The number of aromatic amines is 1. The van der Waals surface area contributed by atoms with Crippen LogP contribution in [-0.2, 0) is 4.79 Å². The van der Waals surface area contributed by atoms with Crippen molar-refractivity contribution in [3.05, 3.63) is 35.4 Å². The molecule has 2 saturated heterocycles. The quantitative estimate of drug-likeness (QED) is 0.693. The Morgan fingerprint density at radius 2 is 2.22 bits per heavy atom. The molecule has 1 aromatic heterocycles. The first-order valence-electron chi connectivity index (χ1n) is 9.21. The lowest BCUT2D eigenvalue weighted by Crippen LogP contribution is -2.37. The zero-order valence-corrected chi connectivity index (χ0v) is 15.4. The summed E-state index contributed by atoms with van der Waals surface area (Å²) in [7, 11) is 2.05. The van der Waals surface area contributed by atoms with Crippen LogP contribution in [0, 0.1) is 0 Å². The highest BCUT2D eigenvalue weighted by atomic mass is 16.2. The number of likely N-dealkylation sites (N-methyl/N-ethyl adjacent to an activating group) is 1. The van der Waals surface area contributed by atoms with Crippen molar-refractivity contribution in [1.82, 2.24) is 25.1 Å². The van der Waals surface area contributed by atoms with Gasteiger partial charge in [-0.1, -0.05) is 0 Å². The van der Waals surface area contributed by atoms with Crippen LogP contribution >= 0.6 is 0 Å². The molecule has 0 unspecified atom stereocenters. The van der Waals surface area contributed by atoms with Crippen molar-refractivity contribution in [1.29, 1.82) is 0 Å². The Bertz CT molecular complexity index is 918. The van der Waals surface area contributed by atoms with Gasteiger partial charge >= 0.3 is 0 Å². The van der Waals surface area contributed by atoms with Crippen molar-refractivity contribution >= 4 is 28.8 Å². The number of fused-ring (bicyclic) bond motifs is 1. The number of hydrogen-bond donors (Lipinski definition) is 3. The van der Waals surface area contributed by atoms with E-state index >= 15 is 0 Å². The number of likely N-dealkylation sites (tertiary alicyclic amines) is 2. The summed E-state index contributed by atoms with van der Waals surface area (Å²) in [6, 6.07) is 5.31. The first-order valence-corrected chi connectivity index (χ1v) is 9.21. The van der Waals surface area contributed by atoms with E-state index in [-0.39, 0.29) is 17.9 Å². The van der Waals surface area contributed by atoms with Crippen molar-refractivity contribution in [2.45, 2.75) is 18.9 Å². The maximum Gasteiger partial charge on any atom is 0.254 e. The molecule has 2 fully saturated rings. The fourth-order valence-electron chi connectivity index (χ4n) is 3.79. The summed E-state index contributed by atoms with van der Waals surface area (Å²) in [5.41, 5.74) is 8.90. The van der Waals surface area contributed by atoms with Gasteiger partial charge in [0.25, 0.3) is 5.91 Å². The van der Waals surface area contributed by atoms with E-state index in [0.717, 1.165) is 42.5 Å². The number of nitrogen functional groups attached to an aromatic ring is 1. The number of H-pyrrole nitrogens is 1. The first kappa shape index (κ1) is 17.5. The molecule has 142 valence electrons. The number of hydrogen-bond acceptors (Lipinski definition) is 5. The molecule has 0 spiro atoms. The van der Waals surface area contributed by atoms with E-state index in [4.69, 9.17) is 5.73 Å². The molecule has 8 heteroatoms. The molecule has 0 radical (unpaired) electrons. The predicted octanol–water partition coefficient (Wildman–Crippen LogP) is 0.738. The summed E-state index contributed by atoms with van der Waals surface area (Å²) < 4.78 is 0. The number of nitrogens with one attached hydrogen (secondary N) is 2. The lowest BCUT2D eigenvalue weighted by Gasteiger charge is -2.17. The lowest BCUT2D eigenvalue weighted by molar-refractivity contribution is -0.117. The van der Waals surface area contributed by atoms with Crippen LogP contribution in [0.4, 0.5) is 5.95 Å². The van der Waals surface area contributed by atoms with Gasteiger partial charge in [0.2, 0.25) is 5.91 Å². The molecule has 4 rings (SSSR count). The topological polar surface area (TPSA) is 107 Å². The van der Waals surface area contributed by atoms with Gasteiger partial charge in [-0.3, -0.25) is 9.59 Å². The Hall–Kier alpha value is -2.87. The van der Waals surface area contributed by atoms with Gasteiger partial charge in [0.15, 0.2) is 5.95 Å². The molecular weight excluding hydrogens is 344 g/mol. The summed E-state index contributed by atoms with van der Waals surface area (Å²) in [6.07, 6.45) is 3.42. The Kier molecular flexibility index (Phi) is 4.57. The number of anilines is 1. The summed E-state index contributed by atoms with van der Waals surface area (Å²) in [4.78, 5) is 36.1. The average Bonchev–Trinajstić information content (AvgIpc) is 3.33. The molecule has 8 nitrogen and oxygen atoms in total. The number of imidazole rings is 1. The van der Waals surface area contributed by atoms with Crippen LogP contribution in [0.2, 0.25) is 0 Å². The van der Waals surface area contributed by atoms with Crippen LogP contribution in [0.1, 0.15) is 23.2 Å². The molecule has 2 aliphatic rings. The minimum Gasteiger partial charge on any atom is -0.369 e. The number of carbonyl (C=O) groups excluding carboxylic acids is 2. The third kappa shape index (κ3) is 3.80. The van der Waals surface area contributed by atoms with Crippen LogP contribution in [0.25, 0.3) is 11.0 Å². The van der Waals surface area contributed by atoms with Gasteiger partial charge in [-0.15, -0.1) is 0 Å². The molecular formula is C19H24N6O2. The number of benzene rings is 1. The van der Waals surface area contributed by atoms with Crippen molar-refractivity contribution in [3.8, 4) is 0 Å². The van der Waals surface area contributed by atoms with Gasteiger partial charge in [-0.05, 0) is 43.7 Å². The third-order valence-corrected chi connectivity index (χ3v) is 5.19.